The van der Waals surface area contributed by atoms with E-state index in [1.165, 1.54) is 38.2 Å². The summed E-state index contributed by atoms with van der Waals surface area (Å²) in [6, 6.07) is 51.8. The number of aromatic nitrogens is 4. The number of benzene rings is 7. The molecule has 0 saturated heterocycles. The molecule has 2 heterocycles. The third-order valence-electron chi connectivity index (χ3n) is 8.91. The highest BCUT2D eigenvalue weighted by Gasteiger charge is 2.18. The Morgan fingerprint density at radius 3 is 1.12 bits per heavy atom. The molecule has 0 aliphatic carbocycles. The van der Waals surface area contributed by atoms with Gasteiger partial charge in [-0.1, -0.05) is 109 Å². The van der Waals surface area contributed by atoms with Gasteiger partial charge in [0.2, 0.25) is 23.6 Å². The molecule has 7 aromatic carbocycles. The average molecular weight is 633 g/mol. The monoisotopic (exact) mass is 632 g/mol. The van der Waals surface area contributed by atoms with Crippen molar-refractivity contribution in [2.45, 2.75) is 6.92 Å². The molecular formula is C43H28N4O2. The van der Waals surface area contributed by atoms with E-state index in [0.717, 1.165) is 33.4 Å². The van der Waals surface area contributed by atoms with Crippen LogP contribution in [0.2, 0.25) is 0 Å². The maximum Gasteiger partial charge on any atom is 0.248 e. The lowest BCUT2D eigenvalue weighted by molar-refractivity contribution is 0.584. The molecule has 0 spiro atoms. The van der Waals surface area contributed by atoms with E-state index in [0.29, 0.717) is 23.6 Å². The minimum absolute atomic E-state index is 0.492. The highest BCUT2D eigenvalue weighted by molar-refractivity contribution is 6.21. The zero-order valence-corrected chi connectivity index (χ0v) is 26.5. The van der Waals surface area contributed by atoms with Gasteiger partial charge in [0.05, 0.1) is 0 Å². The molecule has 0 aliphatic heterocycles. The normalized spacial score (nSPS) is 11.4. The van der Waals surface area contributed by atoms with Gasteiger partial charge < -0.3 is 8.83 Å². The van der Waals surface area contributed by atoms with Gasteiger partial charge in [-0.25, -0.2) is 0 Å². The van der Waals surface area contributed by atoms with Crippen molar-refractivity contribution in [3.63, 3.8) is 0 Å². The lowest BCUT2D eigenvalue weighted by atomic mass is 9.85. The fraction of sp³-hybridized carbons (Fsp3) is 0.0233. The molecule has 0 fully saturated rings. The first-order valence-electron chi connectivity index (χ1n) is 16.1. The summed E-state index contributed by atoms with van der Waals surface area (Å²) in [5.41, 5.74) is 9.35. The van der Waals surface area contributed by atoms with Crippen molar-refractivity contribution in [1.82, 2.24) is 20.4 Å². The molecule has 0 unspecified atom stereocenters. The second-order valence-electron chi connectivity index (χ2n) is 12.1. The molecule has 49 heavy (non-hydrogen) atoms. The van der Waals surface area contributed by atoms with Crippen molar-refractivity contribution in [2.24, 2.45) is 0 Å². The van der Waals surface area contributed by atoms with E-state index in [9.17, 15) is 0 Å². The molecule has 0 aliphatic rings. The summed E-state index contributed by atoms with van der Waals surface area (Å²) in [5, 5.41) is 22.0. The summed E-state index contributed by atoms with van der Waals surface area (Å²) in [4.78, 5) is 0. The Hall–Kier alpha value is -6.66. The fourth-order valence-electron chi connectivity index (χ4n) is 6.55. The smallest absolute Gasteiger partial charge is 0.248 e. The number of fused-ring (bicyclic) bond motifs is 2. The zero-order valence-electron chi connectivity index (χ0n) is 26.5. The SMILES string of the molecule is Cc1ccc2c(-c3ccc(-c4nnc(-c5ccccc5)o4)cc3)c3ccccc3c(-c3ccc(-c4nnc(-c5ccccc5)o4)cc3)c2c1. The molecule has 6 heteroatoms. The van der Waals surface area contributed by atoms with E-state index in [1.54, 1.807) is 0 Å². The third kappa shape index (κ3) is 5.16. The van der Waals surface area contributed by atoms with Crippen LogP contribution in [-0.4, -0.2) is 20.4 Å². The highest BCUT2D eigenvalue weighted by Crippen LogP contribution is 2.44. The van der Waals surface area contributed by atoms with Crippen LogP contribution in [0.1, 0.15) is 5.56 Å². The predicted molar refractivity (Wildman–Crippen MR) is 195 cm³/mol. The topological polar surface area (TPSA) is 77.8 Å². The lowest BCUT2D eigenvalue weighted by Gasteiger charge is -2.18. The number of hydrogen-bond donors (Lipinski definition) is 0. The van der Waals surface area contributed by atoms with E-state index in [-0.39, 0.29) is 0 Å². The second-order valence-corrected chi connectivity index (χ2v) is 12.1. The quantitative estimate of drug-likeness (QED) is 0.170. The van der Waals surface area contributed by atoms with Crippen molar-refractivity contribution >= 4 is 21.5 Å². The first-order chi connectivity index (χ1) is 24.2. The molecule has 0 atom stereocenters. The molecule has 0 saturated carbocycles. The van der Waals surface area contributed by atoms with Crippen LogP contribution in [0, 0.1) is 6.92 Å². The molecule has 232 valence electrons. The van der Waals surface area contributed by atoms with Gasteiger partial charge in [0.15, 0.2) is 0 Å². The van der Waals surface area contributed by atoms with Crippen LogP contribution in [-0.2, 0) is 0 Å². The Morgan fingerprint density at radius 2 is 0.673 bits per heavy atom. The van der Waals surface area contributed by atoms with Crippen LogP contribution in [0.5, 0.6) is 0 Å². The van der Waals surface area contributed by atoms with Crippen LogP contribution < -0.4 is 0 Å². The van der Waals surface area contributed by atoms with Crippen molar-refractivity contribution in [1.29, 1.82) is 0 Å². The Morgan fingerprint density at radius 1 is 0.327 bits per heavy atom. The van der Waals surface area contributed by atoms with Crippen molar-refractivity contribution < 1.29 is 8.83 Å². The van der Waals surface area contributed by atoms with Crippen LogP contribution >= 0.6 is 0 Å². The largest absolute Gasteiger partial charge is 0.416 e. The zero-order chi connectivity index (χ0) is 32.7. The number of nitrogens with zero attached hydrogens (tertiary/aromatic N) is 4. The molecule has 0 radical (unpaired) electrons. The maximum atomic E-state index is 6.04. The summed E-state index contributed by atoms with van der Waals surface area (Å²) < 4.78 is 12.1. The summed E-state index contributed by atoms with van der Waals surface area (Å²) in [5.74, 6) is 1.99. The molecule has 9 rings (SSSR count). The van der Waals surface area contributed by atoms with E-state index in [2.05, 4.69) is 118 Å². The number of rotatable bonds is 6. The summed E-state index contributed by atoms with van der Waals surface area (Å²) in [7, 11) is 0. The van der Waals surface area contributed by atoms with E-state index >= 15 is 0 Å². The van der Waals surface area contributed by atoms with Crippen molar-refractivity contribution in [3.8, 4) is 68.1 Å². The molecule has 0 N–H and O–H groups in total. The number of hydrogen-bond acceptors (Lipinski definition) is 6. The second kappa shape index (κ2) is 11.9. The Balaban J connectivity index is 1.13. The summed E-state index contributed by atoms with van der Waals surface area (Å²) in [6.07, 6.45) is 0. The van der Waals surface area contributed by atoms with Crippen LogP contribution in [0.25, 0.3) is 89.6 Å². The van der Waals surface area contributed by atoms with Crippen LogP contribution in [0.4, 0.5) is 0 Å². The van der Waals surface area contributed by atoms with E-state index in [1.807, 2.05) is 60.7 Å². The van der Waals surface area contributed by atoms with E-state index < -0.39 is 0 Å². The third-order valence-corrected chi connectivity index (χ3v) is 8.91. The fourth-order valence-corrected chi connectivity index (χ4v) is 6.55. The van der Waals surface area contributed by atoms with Gasteiger partial charge in [0, 0.05) is 22.3 Å². The van der Waals surface area contributed by atoms with Gasteiger partial charge >= 0.3 is 0 Å². The molecule has 0 amide bonds. The molecule has 6 nitrogen and oxygen atoms in total. The highest BCUT2D eigenvalue weighted by atomic mass is 16.4. The Kier molecular flexibility index (Phi) is 6.91. The van der Waals surface area contributed by atoms with Crippen LogP contribution in [0.3, 0.4) is 0 Å². The first-order valence-corrected chi connectivity index (χ1v) is 16.1. The first kappa shape index (κ1) is 28.6. The lowest BCUT2D eigenvalue weighted by Crippen LogP contribution is -1.92. The van der Waals surface area contributed by atoms with Gasteiger partial charge in [-0.3, -0.25) is 0 Å². The van der Waals surface area contributed by atoms with Crippen molar-refractivity contribution in [2.75, 3.05) is 0 Å². The molecule has 9 aromatic rings. The summed E-state index contributed by atoms with van der Waals surface area (Å²) >= 11 is 0. The Bertz CT molecular complexity index is 2590. The number of aryl methyl sites for hydroxylation is 1. The van der Waals surface area contributed by atoms with Crippen molar-refractivity contribution in [3.05, 3.63) is 157 Å². The van der Waals surface area contributed by atoms with Crippen LogP contribution in [0.15, 0.2) is 160 Å². The van der Waals surface area contributed by atoms with Gasteiger partial charge in [0.1, 0.15) is 0 Å². The van der Waals surface area contributed by atoms with E-state index in [4.69, 9.17) is 8.83 Å². The van der Waals surface area contributed by atoms with Gasteiger partial charge in [-0.15, -0.1) is 20.4 Å². The van der Waals surface area contributed by atoms with Gasteiger partial charge in [-0.2, -0.15) is 0 Å². The average Bonchev–Trinajstić information content (AvgIpc) is 3.87. The molecule has 2 aromatic heterocycles. The standard InChI is InChI=1S/C43H28N4O2/c1-27-16-25-36-37(26-27)39(29-19-23-33(24-20-29)43-47-45-41(49-43)31-12-6-3-7-13-31)35-15-9-8-14-34(35)38(36)28-17-21-32(22-18-28)42-46-44-40(48-42)30-10-4-2-5-11-30/h2-26H,1H3. The summed E-state index contributed by atoms with van der Waals surface area (Å²) in [6.45, 7) is 2.14. The molecular weight excluding hydrogens is 604 g/mol. The Labute approximate surface area is 282 Å². The minimum atomic E-state index is 0.492. The molecule has 0 bridgehead atoms. The van der Waals surface area contributed by atoms with Gasteiger partial charge in [-0.05, 0) is 99.3 Å². The maximum absolute atomic E-state index is 6.04. The minimum Gasteiger partial charge on any atom is -0.416 e. The van der Waals surface area contributed by atoms with Gasteiger partial charge in [0.25, 0.3) is 0 Å². The predicted octanol–water partition coefficient (Wildman–Crippen LogP) is 11.1.